The van der Waals surface area contributed by atoms with E-state index in [1.54, 1.807) is 13.3 Å². The Labute approximate surface area is 191 Å². The van der Waals surface area contributed by atoms with Crippen molar-refractivity contribution in [3.63, 3.8) is 0 Å². The van der Waals surface area contributed by atoms with Crippen molar-refractivity contribution >= 4 is 35.5 Å². The molecule has 10 heteroatoms. The van der Waals surface area contributed by atoms with E-state index in [0.29, 0.717) is 11.1 Å². The quantitative estimate of drug-likeness (QED) is 0.185. The Bertz CT molecular complexity index is 1050. The summed E-state index contributed by atoms with van der Waals surface area (Å²) in [5.41, 5.74) is 5.64. The fourth-order valence-corrected chi connectivity index (χ4v) is 3.42. The van der Waals surface area contributed by atoms with Crippen LogP contribution in [0, 0.1) is 0 Å². The first-order chi connectivity index (χ1) is 15.5. The van der Waals surface area contributed by atoms with Gasteiger partial charge in [0.2, 0.25) is 11.1 Å². The fourth-order valence-electron chi connectivity index (χ4n) is 2.76. The molecule has 0 spiro atoms. The number of amides is 1. The second-order valence-corrected chi connectivity index (χ2v) is 8.03. The second kappa shape index (κ2) is 11.2. The van der Waals surface area contributed by atoms with Gasteiger partial charge in [0.15, 0.2) is 0 Å². The molecular formula is C22H27N7O2S. The fraction of sp³-hybridized carbons (Fsp3) is 0.273. The van der Waals surface area contributed by atoms with Gasteiger partial charge in [-0.3, -0.25) is 4.79 Å². The number of nitrogens with zero attached hydrogens (tertiary/aromatic N) is 4. The first-order valence-corrected chi connectivity index (χ1v) is 11.1. The maximum absolute atomic E-state index is 12.3. The lowest BCUT2D eigenvalue weighted by Gasteiger charge is -2.10. The highest BCUT2D eigenvalue weighted by atomic mass is 32.2. The topological polar surface area (TPSA) is 119 Å². The molecule has 0 bridgehead atoms. The Balaban J connectivity index is 1.49. The molecule has 1 aromatic heterocycles. The normalized spacial score (nSPS) is 12.0. The van der Waals surface area contributed by atoms with Gasteiger partial charge in [-0.2, -0.15) is 5.10 Å². The molecule has 1 heterocycles. The van der Waals surface area contributed by atoms with Crippen molar-refractivity contribution in [2.24, 2.45) is 5.10 Å². The van der Waals surface area contributed by atoms with Gasteiger partial charge >= 0.3 is 0 Å². The number of methoxy groups -OCH3 is 1. The van der Waals surface area contributed by atoms with E-state index >= 15 is 0 Å². The third kappa shape index (κ3) is 6.24. The number of ether oxygens (including phenoxy) is 1. The number of carbonyl (C=O) groups is 1. The molecule has 0 aliphatic heterocycles. The maximum Gasteiger partial charge on any atom is 0.264 e. The molecule has 32 heavy (non-hydrogen) atoms. The molecule has 0 aliphatic rings. The summed E-state index contributed by atoms with van der Waals surface area (Å²) in [4.78, 5) is 12.3. The summed E-state index contributed by atoms with van der Waals surface area (Å²) in [6, 6.07) is 15.3. The van der Waals surface area contributed by atoms with Gasteiger partial charge in [0.05, 0.1) is 19.1 Å². The molecule has 1 atom stereocenters. The van der Waals surface area contributed by atoms with Gasteiger partial charge in [-0.1, -0.05) is 37.7 Å². The zero-order valence-electron chi connectivity index (χ0n) is 18.3. The van der Waals surface area contributed by atoms with Crippen molar-refractivity contribution in [1.29, 1.82) is 0 Å². The van der Waals surface area contributed by atoms with E-state index in [2.05, 4.69) is 39.9 Å². The van der Waals surface area contributed by atoms with Crippen molar-refractivity contribution < 1.29 is 9.53 Å². The van der Waals surface area contributed by atoms with Crippen molar-refractivity contribution in [1.82, 2.24) is 14.9 Å². The Morgan fingerprint density at radius 2 is 1.94 bits per heavy atom. The molecule has 0 radical (unpaired) electrons. The molecule has 4 N–H and O–H groups in total. The number of nitrogens with two attached hydrogens (primary N) is 1. The van der Waals surface area contributed by atoms with Crippen molar-refractivity contribution in [3.05, 3.63) is 59.7 Å². The zero-order valence-corrected chi connectivity index (χ0v) is 19.1. The van der Waals surface area contributed by atoms with E-state index in [1.165, 1.54) is 22.0 Å². The molecule has 3 rings (SSSR count). The van der Waals surface area contributed by atoms with Crippen LogP contribution in [0.1, 0.15) is 37.3 Å². The summed E-state index contributed by atoms with van der Waals surface area (Å²) in [6.07, 6.45) is 2.70. The summed E-state index contributed by atoms with van der Waals surface area (Å²) in [7, 11) is 1.61. The minimum atomic E-state index is -0.152. The van der Waals surface area contributed by atoms with Crippen LogP contribution in [0.5, 0.6) is 5.75 Å². The number of hydrazone groups is 1. The van der Waals surface area contributed by atoms with Crippen LogP contribution in [-0.2, 0) is 4.79 Å². The van der Waals surface area contributed by atoms with E-state index < -0.39 is 0 Å². The van der Waals surface area contributed by atoms with Gasteiger partial charge in [-0.15, -0.1) is 10.2 Å². The lowest BCUT2D eigenvalue weighted by Crippen LogP contribution is -2.16. The SMILES string of the molecule is CCC(C)c1ccc(NC(=O)CSc2nnc(N/N=C/c3ccc(OC)cc3)n2N)cc1. The van der Waals surface area contributed by atoms with Crippen LogP contribution < -0.4 is 21.3 Å². The molecular weight excluding hydrogens is 426 g/mol. The number of thioether (sulfide) groups is 1. The smallest absolute Gasteiger partial charge is 0.264 e. The summed E-state index contributed by atoms with van der Waals surface area (Å²) in [5.74, 6) is 7.53. The molecule has 9 nitrogen and oxygen atoms in total. The van der Waals surface area contributed by atoms with Gasteiger partial charge in [-0.05, 0) is 59.9 Å². The van der Waals surface area contributed by atoms with Crippen LogP contribution in [0.15, 0.2) is 58.8 Å². The first-order valence-electron chi connectivity index (χ1n) is 10.2. The minimum Gasteiger partial charge on any atom is -0.497 e. The van der Waals surface area contributed by atoms with Crippen LogP contribution >= 0.6 is 11.8 Å². The molecule has 168 valence electrons. The largest absolute Gasteiger partial charge is 0.497 e. The van der Waals surface area contributed by atoms with Crippen molar-refractivity contribution in [3.8, 4) is 5.75 Å². The van der Waals surface area contributed by atoms with E-state index in [1.807, 2.05) is 48.5 Å². The van der Waals surface area contributed by atoms with E-state index in [4.69, 9.17) is 10.6 Å². The molecule has 0 saturated carbocycles. The lowest BCUT2D eigenvalue weighted by atomic mass is 9.99. The monoisotopic (exact) mass is 453 g/mol. The van der Waals surface area contributed by atoms with Crippen LogP contribution in [0.2, 0.25) is 0 Å². The summed E-state index contributed by atoms with van der Waals surface area (Å²) >= 11 is 1.19. The number of hydrogen-bond acceptors (Lipinski definition) is 8. The number of anilines is 2. The maximum atomic E-state index is 12.3. The Morgan fingerprint density at radius 1 is 1.22 bits per heavy atom. The van der Waals surface area contributed by atoms with E-state index in [9.17, 15) is 4.79 Å². The molecule has 3 aromatic rings. The number of benzene rings is 2. The van der Waals surface area contributed by atoms with Crippen LogP contribution in [0.4, 0.5) is 11.6 Å². The summed E-state index contributed by atoms with van der Waals surface area (Å²) in [6.45, 7) is 4.34. The van der Waals surface area contributed by atoms with Gasteiger partial charge < -0.3 is 15.9 Å². The average Bonchev–Trinajstić information content (AvgIpc) is 3.17. The predicted molar refractivity (Wildman–Crippen MR) is 129 cm³/mol. The van der Waals surface area contributed by atoms with E-state index in [0.717, 1.165) is 23.4 Å². The molecule has 0 fully saturated rings. The van der Waals surface area contributed by atoms with Gasteiger partial charge in [-0.25, -0.2) is 10.1 Å². The molecule has 1 unspecified atom stereocenters. The summed E-state index contributed by atoms with van der Waals surface area (Å²) in [5, 5.41) is 15.3. The first kappa shape index (κ1) is 23.1. The van der Waals surface area contributed by atoms with Crippen LogP contribution in [0.3, 0.4) is 0 Å². The van der Waals surface area contributed by atoms with Gasteiger partial charge in [0, 0.05) is 5.69 Å². The summed E-state index contributed by atoms with van der Waals surface area (Å²) < 4.78 is 6.38. The number of carbonyl (C=O) groups excluding carboxylic acids is 1. The molecule has 0 saturated heterocycles. The highest BCUT2D eigenvalue weighted by Crippen LogP contribution is 2.21. The van der Waals surface area contributed by atoms with Crippen molar-refractivity contribution in [2.75, 3.05) is 29.4 Å². The number of rotatable bonds is 10. The number of nitrogen functional groups attached to an aromatic ring is 1. The average molecular weight is 454 g/mol. The number of nitrogens with one attached hydrogen (secondary N) is 2. The molecule has 1 amide bonds. The standard InChI is InChI=1S/C22H27N7O2S/c1-4-15(2)17-7-9-18(10-8-17)25-20(30)14-32-22-28-27-21(29(22)23)26-24-13-16-5-11-19(31-3)12-6-16/h5-13,15H,4,14,23H2,1-3H3,(H,25,30)(H,26,27)/b24-13+. The van der Waals surface area contributed by atoms with Crippen LogP contribution in [0.25, 0.3) is 0 Å². The highest BCUT2D eigenvalue weighted by Gasteiger charge is 2.12. The third-order valence-electron chi connectivity index (χ3n) is 4.87. The Hall–Kier alpha value is -3.53. The molecule has 0 aliphatic carbocycles. The third-order valence-corrected chi connectivity index (χ3v) is 5.81. The van der Waals surface area contributed by atoms with Crippen molar-refractivity contribution in [2.45, 2.75) is 31.3 Å². The van der Waals surface area contributed by atoms with E-state index in [-0.39, 0.29) is 17.6 Å². The predicted octanol–water partition coefficient (Wildman–Crippen LogP) is 3.69. The number of hydrogen-bond donors (Lipinski definition) is 3. The van der Waals surface area contributed by atoms with Crippen LogP contribution in [-0.4, -0.2) is 39.9 Å². The zero-order chi connectivity index (χ0) is 22.9. The molecule has 2 aromatic carbocycles. The lowest BCUT2D eigenvalue weighted by molar-refractivity contribution is -0.113. The number of aromatic nitrogens is 3. The minimum absolute atomic E-state index is 0.150. The second-order valence-electron chi connectivity index (χ2n) is 7.09. The van der Waals surface area contributed by atoms with Gasteiger partial charge in [0.25, 0.3) is 5.95 Å². The highest BCUT2D eigenvalue weighted by molar-refractivity contribution is 7.99. The van der Waals surface area contributed by atoms with Gasteiger partial charge in [0.1, 0.15) is 5.75 Å². The Morgan fingerprint density at radius 3 is 2.59 bits per heavy atom. The Kier molecular flexibility index (Phi) is 8.09.